The molecule has 0 aliphatic carbocycles. The molecule has 1 heterocycles. The third-order valence-corrected chi connectivity index (χ3v) is 3.54. The number of anilines is 1. The number of fused-ring (bicyclic) bond motifs is 1. The molecule has 4 heteroatoms. The Morgan fingerprint density at radius 1 is 1.45 bits per heavy atom. The maximum Gasteiger partial charge on any atom is 0.255 e. The van der Waals surface area contributed by atoms with Crippen molar-refractivity contribution < 1.29 is 9.53 Å². The monoisotopic (exact) mass is 276 g/mol. The molecule has 20 heavy (non-hydrogen) atoms. The van der Waals surface area contributed by atoms with Crippen molar-refractivity contribution in [2.45, 2.75) is 45.6 Å². The maximum absolute atomic E-state index is 12.3. The highest BCUT2D eigenvalue weighted by atomic mass is 16.5. The molecule has 1 unspecified atom stereocenters. The quantitative estimate of drug-likeness (QED) is 0.785. The van der Waals surface area contributed by atoms with Crippen LogP contribution in [0.5, 0.6) is 5.75 Å². The molecule has 0 spiro atoms. The van der Waals surface area contributed by atoms with Gasteiger partial charge in [0.1, 0.15) is 6.61 Å². The minimum Gasteiger partial charge on any atom is -0.489 e. The second-order valence-corrected chi connectivity index (χ2v) is 5.33. The molecule has 2 N–H and O–H groups in total. The molecular weight excluding hydrogens is 252 g/mol. The molecule has 1 aromatic carbocycles. The number of hydrogen-bond acceptors (Lipinski definition) is 3. The van der Waals surface area contributed by atoms with Crippen LogP contribution in [-0.2, 0) is 0 Å². The van der Waals surface area contributed by atoms with Gasteiger partial charge in [-0.05, 0) is 25.5 Å². The Balaban J connectivity index is 1.99. The van der Waals surface area contributed by atoms with E-state index in [1.54, 1.807) is 0 Å². The highest BCUT2D eigenvalue weighted by molar-refractivity contribution is 5.99. The maximum atomic E-state index is 12.3. The number of nitrogens with one attached hydrogen (secondary N) is 2. The number of amides is 1. The van der Waals surface area contributed by atoms with Gasteiger partial charge in [0.2, 0.25) is 0 Å². The zero-order valence-corrected chi connectivity index (χ0v) is 12.4. The van der Waals surface area contributed by atoms with Gasteiger partial charge in [0, 0.05) is 12.6 Å². The van der Waals surface area contributed by atoms with Gasteiger partial charge in [-0.15, -0.1) is 0 Å². The van der Waals surface area contributed by atoms with Gasteiger partial charge in [0.25, 0.3) is 5.91 Å². The minimum atomic E-state index is -0.0467. The van der Waals surface area contributed by atoms with Gasteiger partial charge in [0.15, 0.2) is 5.75 Å². The lowest BCUT2D eigenvalue weighted by Gasteiger charge is -2.22. The third-order valence-electron chi connectivity index (χ3n) is 3.54. The van der Waals surface area contributed by atoms with Crippen molar-refractivity contribution in [1.82, 2.24) is 5.32 Å². The fourth-order valence-corrected chi connectivity index (χ4v) is 2.42. The van der Waals surface area contributed by atoms with Gasteiger partial charge in [-0.25, -0.2) is 0 Å². The summed E-state index contributed by atoms with van der Waals surface area (Å²) >= 11 is 0. The van der Waals surface area contributed by atoms with E-state index in [0.717, 1.165) is 25.1 Å². The lowest BCUT2D eigenvalue weighted by Crippen LogP contribution is -2.33. The zero-order chi connectivity index (χ0) is 14.4. The fourth-order valence-electron chi connectivity index (χ4n) is 2.42. The molecule has 1 aliphatic rings. The van der Waals surface area contributed by atoms with Gasteiger partial charge in [-0.1, -0.05) is 32.3 Å². The summed E-state index contributed by atoms with van der Waals surface area (Å²) in [4.78, 5) is 12.3. The van der Waals surface area contributed by atoms with Crippen molar-refractivity contribution in [3.8, 4) is 5.75 Å². The van der Waals surface area contributed by atoms with Crippen molar-refractivity contribution in [1.29, 1.82) is 0 Å². The minimum absolute atomic E-state index is 0.0467. The Morgan fingerprint density at radius 2 is 2.30 bits per heavy atom. The molecule has 1 atom stereocenters. The molecular formula is C16H24N2O2. The van der Waals surface area contributed by atoms with Gasteiger partial charge in [0.05, 0.1) is 11.3 Å². The molecule has 1 aliphatic heterocycles. The number of carbonyl (C=O) groups excluding carboxylic acids is 1. The van der Waals surface area contributed by atoms with Crippen molar-refractivity contribution >= 4 is 11.6 Å². The first-order chi connectivity index (χ1) is 9.72. The lowest BCUT2D eigenvalue weighted by atomic mass is 10.1. The predicted octanol–water partition coefficient (Wildman–Crippen LogP) is 3.19. The summed E-state index contributed by atoms with van der Waals surface area (Å²) in [5.41, 5.74) is 1.53. The fraction of sp³-hybridized carbons (Fsp3) is 0.562. The number of unbranched alkanes of at least 4 members (excludes halogenated alkanes) is 2. The summed E-state index contributed by atoms with van der Waals surface area (Å²) in [5.74, 6) is 0.631. The predicted molar refractivity (Wildman–Crippen MR) is 81.5 cm³/mol. The normalized spacial score (nSPS) is 14.7. The van der Waals surface area contributed by atoms with Crippen LogP contribution in [0.3, 0.4) is 0 Å². The summed E-state index contributed by atoms with van der Waals surface area (Å²) in [7, 11) is 0. The molecule has 4 nitrogen and oxygen atoms in total. The van der Waals surface area contributed by atoms with Crippen LogP contribution in [0.15, 0.2) is 18.2 Å². The molecule has 0 radical (unpaired) electrons. The van der Waals surface area contributed by atoms with Crippen LogP contribution < -0.4 is 15.4 Å². The highest BCUT2D eigenvalue weighted by Crippen LogP contribution is 2.31. The summed E-state index contributed by atoms with van der Waals surface area (Å²) in [5, 5.41) is 6.31. The number of hydrogen-bond donors (Lipinski definition) is 2. The number of carbonyl (C=O) groups is 1. The van der Waals surface area contributed by atoms with E-state index in [1.165, 1.54) is 12.8 Å². The highest BCUT2D eigenvalue weighted by Gasteiger charge is 2.19. The number of para-hydroxylation sites is 1. The molecule has 1 amide bonds. The molecule has 110 valence electrons. The van der Waals surface area contributed by atoms with Gasteiger partial charge in [-0.3, -0.25) is 4.79 Å². The van der Waals surface area contributed by atoms with Crippen LogP contribution in [0.2, 0.25) is 0 Å². The molecule has 2 rings (SSSR count). The summed E-state index contributed by atoms with van der Waals surface area (Å²) in [6, 6.07) is 5.84. The Hall–Kier alpha value is -1.71. The van der Waals surface area contributed by atoms with E-state index in [9.17, 15) is 4.79 Å². The first kappa shape index (κ1) is 14.7. The standard InChI is InChI=1S/C16H24N2O2/c1-3-4-5-7-12(2)18-16(19)13-8-6-9-14-15(13)20-11-10-17-14/h6,8-9,12,17H,3-5,7,10-11H2,1-2H3,(H,18,19). The van der Waals surface area contributed by atoms with Gasteiger partial charge in [-0.2, -0.15) is 0 Å². The summed E-state index contributed by atoms with van der Waals surface area (Å²) in [6.45, 7) is 5.63. The van der Waals surface area contributed by atoms with Crippen LogP contribution in [0.4, 0.5) is 5.69 Å². The van der Waals surface area contributed by atoms with E-state index in [2.05, 4.69) is 24.5 Å². The number of benzene rings is 1. The average Bonchev–Trinajstić information content (AvgIpc) is 2.47. The molecule has 0 aromatic heterocycles. The first-order valence-corrected chi connectivity index (χ1v) is 7.53. The number of ether oxygens (including phenoxy) is 1. The lowest BCUT2D eigenvalue weighted by molar-refractivity contribution is 0.0934. The van der Waals surface area contributed by atoms with Gasteiger partial charge < -0.3 is 15.4 Å². The Labute approximate surface area is 120 Å². The largest absolute Gasteiger partial charge is 0.489 e. The van der Waals surface area contributed by atoms with Crippen LogP contribution in [-0.4, -0.2) is 25.1 Å². The van der Waals surface area contributed by atoms with E-state index in [1.807, 2.05) is 18.2 Å². The van der Waals surface area contributed by atoms with E-state index in [4.69, 9.17) is 4.74 Å². The van der Waals surface area contributed by atoms with Gasteiger partial charge >= 0.3 is 0 Å². The molecule has 0 saturated carbocycles. The molecule has 1 aromatic rings. The molecule has 0 bridgehead atoms. The second-order valence-electron chi connectivity index (χ2n) is 5.33. The summed E-state index contributed by atoms with van der Waals surface area (Å²) in [6.07, 6.45) is 4.59. The van der Waals surface area contributed by atoms with Crippen LogP contribution in [0.25, 0.3) is 0 Å². The van der Waals surface area contributed by atoms with Crippen molar-refractivity contribution in [3.63, 3.8) is 0 Å². The summed E-state index contributed by atoms with van der Waals surface area (Å²) < 4.78 is 5.63. The molecule has 0 saturated heterocycles. The van der Waals surface area contributed by atoms with E-state index < -0.39 is 0 Å². The van der Waals surface area contributed by atoms with Crippen molar-refractivity contribution in [2.24, 2.45) is 0 Å². The zero-order valence-electron chi connectivity index (χ0n) is 12.4. The van der Waals surface area contributed by atoms with E-state index >= 15 is 0 Å². The topological polar surface area (TPSA) is 50.4 Å². The van der Waals surface area contributed by atoms with Crippen molar-refractivity contribution in [3.05, 3.63) is 23.8 Å². The van der Waals surface area contributed by atoms with Crippen LogP contribution in [0, 0.1) is 0 Å². The smallest absolute Gasteiger partial charge is 0.255 e. The van der Waals surface area contributed by atoms with Crippen LogP contribution in [0.1, 0.15) is 49.9 Å². The first-order valence-electron chi connectivity index (χ1n) is 7.53. The van der Waals surface area contributed by atoms with E-state index in [0.29, 0.717) is 17.9 Å². The Bertz CT molecular complexity index is 460. The number of rotatable bonds is 6. The Kier molecular flexibility index (Phi) is 5.27. The average molecular weight is 276 g/mol. The Morgan fingerprint density at radius 3 is 3.10 bits per heavy atom. The molecule has 0 fully saturated rings. The SMILES string of the molecule is CCCCCC(C)NC(=O)c1cccc2c1OCCN2. The third kappa shape index (κ3) is 3.65. The van der Waals surface area contributed by atoms with Crippen LogP contribution >= 0.6 is 0 Å². The second kappa shape index (κ2) is 7.17. The van der Waals surface area contributed by atoms with E-state index in [-0.39, 0.29) is 11.9 Å². The van der Waals surface area contributed by atoms with Crippen molar-refractivity contribution in [2.75, 3.05) is 18.5 Å².